The van der Waals surface area contributed by atoms with Gasteiger partial charge >= 0.3 is 0 Å². The maximum Gasteiger partial charge on any atom is 0.229 e. The molecule has 0 heterocycles. The second kappa shape index (κ2) is 5.21. The zero-order valence-electron chi connectivity index (χ0n) is 9.28. The monoisotopic (exact) mass is 226 g/mol. The molecule has 0 aliphatic heterocycles. The number of hydrogen-bond acceptors (Lipinski definition) is 2. The molecular formula is C10H18O2Si2. The number of hydrogen-bond donors (Lipinski definition) is 0. The van der Waals surface area contributed by atoms with Crippen LogP contribution in [0.4, 0.5) is 0 Å². The van der Waals surface area contributed by atoms with E-state index in [2.05, 4.69) is 26.2 Å². The minimum absolute atomic E-state index is 0.962. The van der Waals surface area contributed by atoms with Gasteiger partial charge in [-0.1, -0.05) is 0 Å². The first-order valence-corrected chi connectivity index (χ1v) is 10.6. The lowest BCUT2D eigenvalue weighted by Gasteiger charge is -2.12. The van der Waals surface area contributed by atoms with Crippen molar-refractivity contribution < 1.29 is 8.85 Å². The molecule has 0 fully saturated rings. The topological polar surface area (TPSA) is 18.5 Å². The summed E-state index contributed by atoms with van der Waals surface area (Å²) in [4.78, 5) is 0. The fourth-order valence-corrected chi connectivity index (χ4v) is 2.54. The van der Waals surface area contributed by atoms with Gasteiger partial charge in [-0.15, -0.1) is 0 Å². The lowest BCUT2D eigenvalue weighted by atomic mass is 10.3. The summed E-state index contributed by atoms with van der Waals surface area (Å²) in [6, 6.07) is 7.94. The second-order valence-corrected chi connectivity index (χ2v) is 8.47. The Balaban J connectivity index is 2.59. The molecule has 78 valence electrons. The lowest BCUT2D eigenvalue weighted by Crippen LogP contribution is -2.12. The van der Waals surface area contributed by atoms with E-state index < -0.39 is 18.1 Å². The predicted octanol–water partition coefficient (Wildman–Crippen LogP) is 2.41. The third-order valence-corrected chi connectivity index (χ3v) is 3.05. The van der Waals surface area contributed by atoms with Gasteiger partial charge < -0.3 is 8.85 Å². The number of benzene rings is 1. The molecular weight excluding hydrogens is 208 g/mol. The highest BCUT2D eigenvalue weighted by molar-refractivity contribution is 6.49. The van der Waals surface area contributed by atoms with E-state index in [1.165, 1.54) is 0 Å². The molecule has 1 aromatic rings. The SMILES string of the molecule is C[SiH](C)Oc1ccc(O[SiH](C)C)cc1. The van der Waals surface area contributed by atoms with Crippen LogP contribution in [0.25, 0.3) is 0 Å². The van der Waals surface area contributed by atoms with E-state index in [1.807, 2.05) is 24.3 Å². The first-order valence-electron chi connectivity index (χ1n) is 5.01. The van der Waals surface area contributed by atoms with Crippen LogP contribution < -0.4 is 8.85 Å². The van der Waals surface area contributed by atoms with Crippen LogP contribution in [0, 0.1) is 0 Å². The molecule has 2 nitrogen and oxygen atoms in total. The molecule has 0 aliphatic carbocycles. The molecule has 14 heavy (non-hydrogen) atoms. The Morgan fingerprint density at radius 1 is 0.714 bits per heavy atom. The van der Waals surface area contributed by atoms with Crippen molar-refractivity contribution in [2.24, 2.45) is 0 Å². The van der Waals surface area contributed by atoms with E-state index in [4.69, 9.17) is 8.85 Å². The van der Waals surface area contributed by atoms with E-state index in [9.17, 15) is 0 Å². The minimum Gasteiger partial charge on any atom is -0.547 e. The summed E-state index contributed by atoms with van der Waals surface area (Å²) < 4.78 is 11.3. The van der Waals surface area contributed by atoms with Crippen molar-refractivity contribution in [3.8, 4) is 11.5 Å². The fraction of sp³-hybridized carbons (Fsp3) is 0.400. The minimum atomic E-state index is -0.974. The molecule has 0 bridgehead atoms. The molecule has 0 unspecified atom stereocenters. The van der Waals surface area contributed by atoms with Gasteiger partial charge in [0.1, 0.15) is 11.5 Å². The Hall–Kier alpha value is -0.746. The molecule has 0 N–H and O–H groups in total. The second-order valence-electron chi connectivity index (χ2n) is 3.80. The van der Waals surface area contributed by atoms with Crippen LogP contribution in [0.1, 0.15) is 0 Å². The molecule has 1 aromatic carbocycles. The van der Waals surface area contributed by atoms with Crippen LogP contribution in [0.2, 0.25) is 26.2 Å². The first kappa shape index (κ1) is 11.3. The fourth-order valence-electron chi connectivity index (χ4n) is 1.14. The Morgan fingerprint density at radius 2 is 1.00 bits per heavy atom. The molecule has 0 saturated heterocycles. The highest BCUT2D eigenvalue weighted by Gasteiger charge is 2.01. The zero-order chi connectivity index (χ0) is 10.6. The van der Waals surface area contributed by atoms with Crippen LogP contribution >= 0.6 is 0 Å². The smallest absolute Gasteiger partial charge is 0.229 e. The molecule has 0 aliphatic rings. The molecule has 0 radical (unpaired) electrons. The van der Waals surface area contributed by atoms with Crippen LogP contribution in [0.5, 0.6) is 11.5 Å². The Bertz CT molecular complexity index is 241. The number of rotatable bonds is 4. The third kappa shape index (κ3) is 3.97. The van der Waals surface area contributed by atoms with Gasteiger partial charge in [0.2, 0.25) is 18.1 Å². The Morgan fingerprint density at radius 3 is 1.21 bits per heavy atom. The standard InChI is InChI=1S/C10H18O2Si2/c1-13(2)11-9-5-7-10(8-6-9)12-14(3)4/h5-8,13-14H,1-4H3. The Labute approximate surface area is 89.3 Å². The first-order chi connectivity index (χ1) is 6.58. The average Bonchev–Trinajstić information content (AvgIpc) is 2.06. The summed E-state index contributed by atoms with van der Waals surface area (Å²) in [5.74, 6) is 1.92. The molecule has 4 heteroatoms. The summed E-state index contributed by atoms with van der Waals surface area (Å²) in [5, 5.41) is 0. The zero-order valence-corrected chi connectivity index (χ0v) is 11.6. The summed E-state index contributed by atoms with van der Waals surface area (Å²) in [7, 11) is -1.95. The van der Waals surface area contributed by atoms with Gasteiger partial charge in [0, 0.05) is 0 Å². The summed E-state index contributed by atoms with van der Waals surface area (Å²) in [6.07, 6.45) is 0. The highest BCUT2D eigenvalue weighted by atomic mass is 28.3. The van der Waals surface area contributed by atoms with Gasteiger partial charge in [0.15, 0.2) is 0 Å². The maximum absolute atomic E-state index is 5.67. The van der Waals surface area contributed by atoms with Crippen molar-refractivity contribution in [3.05, 3.63) is 24.3 Å². The lowest BCUT2D eigenvalue weighted by molar-refractivity contribution is 0.564. The highest BCUT2D eigenvalue weighted by Crippen LogP contribution is 2.18. The van der Waals surface area contributed by atoms with Crippen LogP contribution in [-0.2, 0) is 0 Å². The predicted molar refractivity (Wildman–Crippen MR) is 65.5 cm³/mol. The molecule has 0 saturated carbocycles. The van der Waals surface area contributed by atoms with Gasteiger partial charge in [-0.05, 0) is 50.5 Å². The van der Waals surface area contributed by atoms with Crippen LogP contribution in [-0.4, -0.2) is 18.1 Å². The van der Waals surface area contributed by atoms with Gasteiger partial charge in [0.05, 0.1) is 0 Å². The summed E-state index contributed by atoms with van der Waals surface area (Å²) >= 11 is 0. The van der Waals surface area contributed by atoms with Gasteiger partial charge in [-0.25, -0.2) is 0 Å². The van der Waals surface area contributed by atoms with Crippen molar-refractivity contribution in [2.75, 3.05) is 0 Å². The average molecular weight is 226 g/mol. The normalized spacial score (nSPS) is 10.7. The third-order valence-electron chi connectivity index (χ3n) is 1.57. The van der Waals surface area contributed by atoms with Crippen molar-refractivity contribution >= 4 is 18.1 Å². The largest absolute Gasteiger partial charge is 0.547 e. The van der Waals surface area contributed by atoms with E-state index in [1.54, 1.807) is 0 Å². The van der Waals surface area contributed by atoms with E-state index in [-0.39, 0.29) is 0 Å². The molecule has 0 amide bonds. The van der Waals surface area contributed by atoms with Gasteiger partial charge in [-0.3, -0.25) is 0 Å². The van der Waals surface area contributed by atoms with Crippen molar-refractivity contribution in [1.82, 2.24) is 0 Å². The summed E-state index contributed by atoms with van der Waals surface area (Å²) in [5.41, 5.74) is 0. The molecule has 0 aromatic heterocycles. The van der Waals surface area contributed by atoms with Crippen LogP contribution in [0.15, 0.2) is 24.3 Å². The van der Waals surface area contributed by atoms with Crippen LogP contribution in [0.3, 0.4) is 0 Å². The molecule has 0 spiro atoms. The quantitative estimate of drug-likeness (QED) is 0.734. The molecule has 1 rings (SSSR count). The van der Waals surface area contributed by atoms with E-state index in [0.29, 0.717) is 0 Å². The van der Waals surface area contributed by atoms with Gasteiger partial charge in [-0.2, -0.15) is 0 Å². The maximum atomic E-state index is 5.67. The van der Waals surface area contributed by atoms with Crippen molar-refractivity contribution in [3.63, 3.8) is 0 Å². The van der Waals surface area contributed by atoms with Gasteiger partial charge in [0.25, 0.3) is 0 Å². The molecule has 0 atom stereocenters. The summed E-state index contributed by atoms with van der Waals surface area (Å²) in [6.45, 7) is 8.63. The van der Waals surface area contributed by atoms with E-state index >= 15 is 0 Å². The Kier molecular flexibility index (Phi) is 4.22. The van der Waals surface area contributed by atoms with Crippen molar-refractivity contribution in [1.29, 1.82) is 0 Å². The van der Waals surface area contributed by atoms with E-state index in [0.717, 1.165) is 11.5 Å². The van der Waals surface area contributed by atoms with Crippen molar-refractivity contribution in [2.45, 2.75) is 26.2 Å².